The molecule has 0 saturated heterocycles. The summed E-state index contributed by atoms with van der Waals surface area (Å²) in [4.78, 5) is 0. The van der Waals surface area contributed by atoms with Gasteiger partial charge in [0, 0.05) is 0 Å². The van der Waals surface area contributed by atoms with E-state index in [2.05, 4.69) is 35.5 Å². The third-order valence-corrected chi connectivity index (χ3v) is 5.78. The van der Waals surface area contributed by atoms with Gasteiger partial charge in [0.25, 0.3) is 0 Å². The van der Waals surface area contributed by atoms with Crippen molar-refractivity contribution in [3.8, 4) is 0 Å². The second kappa shape index (κ2) is 14.9. The van der Waals surface area contributed by atoms with E-state index < -0.39 is 0 Å². The first-order valence-corrected chi connectivity index (χ1v) is 9.99. The van der Waals surface area contributed by atoms with Gasteiger partial charge >= 0.3 is 15.7 Å². The highest BCUT2D eigenvalue weighted by Crippen LogP contribution is 2.03. The quantitative estimate of drug-likeness (QED) is 0.444. The Morgan fingerprint density at radius 2 is 0.789 bits per heavy atom. The van der Waals surface area contributed by atoms with Crippen LogP contribution in [0.1, 0.15) is 79.1 Å². The maximum Gasteiger partial charge on any atom is 0.463 e. The van der Waals surface area contributed by atoms with E-state index in [4.69, 9.17) is 0 Å². The van der Waals surface area contributed by atoms with E-state index in [0.29, 0.717) is 0 Å². The molecule has 0 spiro atoms. The van der Waals surface area contributed by atoms with Crippen LogP contribution in [0.4, 0.5) is 0 Å². The van der Waals surface area contributed by atoms with Gasteiger partial charge in [-0.05, 0) is 51.9 Å². The molecule has 0 amide bonds. The first kappa shape index (κ1) is 19.5. The van der Waals surface area contributed by atoms with E-state index in [0.717, 1.165) is 0 Å². The van der Waals surface area contributed by atoms with Gasteiger partial charge in [0.15, 0.2) is 0 Å². The molecule has 0 N–H and O–H groups in total. The summed E-state index contributed by atoms with van der Waals surface area (Å²) < 4.78 is 5.64. The number of rotatable bonds is 14. The van der Waals surface area contributed by atoms with Gasteiger partial charge in [0.2, 0.25) is 0 Å². The van der Waals surface area contributed by atoms with Crippen molar-refractivity contribution >= 4 is 15.7 Å². The van der Waals surface area contributed by atoms with Gasteiger partial charge in [-0.1, -0.05) is 53.4 Å². The zero-order chi connectivity index (χ0) is 14.3. The maximum absolute atomic E-state index is 2.82. The molecular weight excluding hydrogens is 247 g/mol. The van der Waals surface area contributed by atoms with E-state index in [1.165, 1.54) is 77.5 Å². The Balaban J connectivity index is 4.16. The molecule has 0 aliphatic heterocycles. The predicted molar refractivity (Wildman–Crippen MR) is 89.9 cm³/mol. The Morgan fingerprint density at radius 1 is 0.526 bits per heavy atom. The van der Waals surface area contributed by atoms with Gasteiger partial charge in [-0.3, -0.25) is 0 Å². The minimum atomic E-state index is -0.175. The average Bonchev–Trinajstić information content (AvgIpc) is 2.44. The SMILES string of the molecule is CCCC[N](CCCC)[AlH][N](CCCC)CCCC. The first-order valence-electron chi connectivity index (χ1n) is 8.73. The molecule has 0 rings (SSSR count). The van der Waals surface area contributed by atoms with Gasteiger partial charge in [0.05, 0.1) is 0 Å². The summed E-state index contributed by atoms with van der Waals surface area (Å²) in [6, 6.07) is 0. The van der Waals surface area contributed by atoms with E-state index in [1.807, 2.05) is 0 Å². The Labute approximate surface area is 129 Å². The molecule has 0 aromatic heterocycles. The second-order valence-electron chi connectivity index (χ2n) is 5.79. The van der Waals surface area contributed by atoms with Gasteiger partial charge in [0.1, 0.15) is 0 Å². The largest absolute Gasteiger partial charge is 0.463 e. The van der Waals surface area contributed by atoms with Crippen LogP contribution in [-0.4, -0.2) is 49.6 Å². The Morgan fingerprint density at radius 3 is 1.00 bits per heavy atom. The molecule has 0 heterocycles. The van der Waals surface area contributed by atoms with Crippen molar-refractivity contribution in [1.29, 1.82) is 0 Å². The Hall–Kier alpha value is 0.452. The molecule has 19 heavy (non-hydrogen) atoms. The average molecular weight is 284 g/mol. The smallest absolute Gasteiger partial charge is 0.374 e. The topological polar surface area (TPSA) is 6.48 Å². The lowest BCUT2D eigenvalue weighted by molar-refractivity contribution is 0.343. The van der Waals surface area contributed by atoms with Crippen LogP contribution in [0.2, 0.25) is 0 Å². The molecule has 0 atom stereocenters. The standard InChI is InChI=1S/2C8H18N.Al.H/c2*1-3-5-7-9-8-6-4-2;;/h2*3-8H2,1-2H3;;/q2*-1;+2;. The van der Waals surface area contributed by atoms with E-state index >= 15 is 0 Å². The lowest BCUT2D eigenvalue weighted by atomic mass is 10.3. The fourth-order valence-electron chi connectivity index (χ4n) is 2.32. The van der Waals surface area contributed by atoms with Gasteiger partial charge in [-0.2, -0.15) is 0 Å². The lowest BCUT2D eigenvalue weighted by Gasteiger charge is -2.29. The van der Waals surface area contributed by atoms with Crippen molar-refractivity contribution in [3.63, 3.8) is 0 Å². The molecule has 114 valence electrons. The second-order valence-corrected chi connectivity index (χ2v) is 7.86. The minimum absolute atomic E-state index is 0.175. The van der Waals surface area contributed by atoms with Crippen molar-refractivity contribution in [2.75, 3.05) is 26.2 Å². The molecule has 0 bridgehead atoms. The molecule has 3 heteroatoms. The van der Waals surface area contributed by atoms with E-state index in [-0.39, 0.29) is 15.7 Å². The predicted octanol–water partition coefficient (Wildman–Crippen LogP) is 4.06. The van der Waals surface area contributed by atoms with Crippen LogP contribution in [0.15, 0.2) is 0 Å². The van der Waals surface area contributed by atoms with Crippen molar-refractivity contribution in [3.05, 3.63) is 0 Å². The van der Waals surface area contributed by atoms with Crippen LogP contribution < -0.4 is 0 Å². The van der Waals surface area contributed by atoms with Crippen molar-refractivity contribution in [1.82, 2.24) is 7.77 Å². The molecule has 0 aromatic carbocycles. The van der Waals surface area contributed by atoms with Crippen LogP contribution in [0.25, 0.3) is 0 Å². The van der Waals surface area contributed by atoms with Gasteiger partial charge in [-0.15, -0.1) is 0 Å². The molecule has 0 fully saturated rings. The lowest BCUT2D eigenvalue weighted by Crippen LogP contribution is -2.43. The van der Waals surface area contributed by atoms with Crippen molar-refractivity contribution in [2.45, 2.75) is 79.1 Å². The molecule has 0 aromatic rings. The van der Waals surface area contributed by atoms with Crippen molar-refractivity contribution in [2.24, 2.45) is 0 Å². The molecule has 0 aliphatic rings. The summed E-state index contributed by atoms with van der Waals surface area (Å²) in [6.45, 7) is 14.6. The van der Waals surface area contributed by atoms with Crippen LogP contribution in [0.3, 0.4) is 0 Å². The van der Waals surface area contributed by atoms with E-state index in [9.17, 15) is 0 Å². The van der Waals surface area contributed by atoms with Crippen LogP contribution in [0, 0.1) is 0 Å². The molecular formula is C16H37AlN2. The summed E-state index contributed by atoms with van der Waals surface area (Å²) in [6.07, 6.45) is 10.9. The van der Waals surface area contributed by atoms with E-state index in [1.54, 1.807) is 0 Å². The molecule has 2 nitrogen and oxygen atoms in total. The highest BCUT2D eigenvalue weighted by Gasteiger charge is 2.14. The zero-order valence-corrected chi connectivity index (χ0v) is 15.5. The number of unbranched alkanes of at least 4 members (excludes halogenated alkanes) is 4. The highest BCUT2D eigenvalue weighted by atomic mass is 27.1. The third kappa shape index (κ3) is 11.9. The zero-order valence-electron chi connectivity index (χ0n) is 14.1. The van der Waals surface area contributed by atoms with Crippen molar-refractivity contribution < 1.29 is 0 Å². The molecule has 0 unspecified atom stereocenters. The number of nitrogens with zero attached hydrogens (tertiary/aromatic N) is 2. The van der Waals surface area contributed by atoms with Crippen LogP contribution >= 0.6 is 0 Å². The third-order valence-electron chi connectivity index (χ3n) is 3.71. The van der Waals surface area contributed by atoms with Gasteiger partial charge < -0.3 is 7.77 Å². The fraction of sp³-hybridized carbons (Fsp3) is 1.00. The maximum atomic E-state index is 2.82. The van der Waals surface area contributed by atoms with Gasteiger partial charge in [-0.25, -0.2) is 0 Å². The first-order chi connectivity index (χ1) is 9.28. The monoisotopic (exact) mass is 284 g/mol. The Bertz CT molecular complexity index is 142. The van der Waals surface area contributed by atoms with Crippen LogP contribution in [-0.2, 0) is 0 Å². The summed E-state index contributed by atoms with van der Waals surface area (Å²) >= 11 is -0.175. The summed E-state index contributed by atoms with van der Waals surface area (Å²) in [5, 5.41) is 0. The molecule has 0 saturated carbocycles. The normalized spacial score (nSPS) is 11.5. The Kier molecular flexibility index (Phi) is 15.2. The molecule has 0 radical (unpaired) electrons. The summed E-state index contributed by atoms with van der Waals surface area (Å²) in [5.41, 5.74) is 0. The highest BCUT2D eigenvalue weighted by molar-refractivity contribution is 6.28. The summed E-state index contributed by atoms with van der Waals surface area (Å²) in [7, 11) is 0. The number of hydrogen-bond donors (Lipinski definition) is 0. The number of hydrogen-bond acceptors (Lipinski definition) is 2. The minimum Gasteiger partial charge on any atom is -0.374 e. The molecule has 0 aliphatic carbocycles. The van der Waals surface area contributed by atoms with Crippen LogP contribution in [0.5, 0.6) is 0 Å². The summed E-state index contributed by atoms with van der Waals surface area (Å²) in [5.74, 6) is 0. The fourth-order valence-corrected chi connectivity index (χ4v) is 4.34.